The predicted octanol–water partition coefficient (Wildman–Crippen LogP) is 3.25. The van der Waals surface area contributed by atoms with Gasteiger partial charge < -0.3 is 0 Å². The van der Waals surface area contributed by atoms with Crippen molar-refractivity contribution >= 4 is 33.3 Å². The molecule has 0 amide bonds. The van der Waals surface area contributed by atoms with Crippen molar-refractivity contribution in [3.63, 3.8) is 0 Å². The molecule has 2 aromatic rings. The van der Waals surface area contributed by atoms with E-state index >= 15 is 0 Å². The summed E-state index contributed by atoms with van der Waals surface area (Å²) in [5.74, 6) is -0.297. The molecule has 2 aromatic carbocycles. The van der Waals surface area contributed by atoms with E-state index in [1.807, 2.05) is 0 Å². The van der Waals surface area contributed by atoms with Crippen LogP contribution in [0.3, 0.4) is 0 Å². The number of allylic oxidation sites excluding steroid dienone is 1. The van der Waals surface area contributed by atoms with Crippen LogP contribution in [0.2, 0.25) is 0 Å². The number of sulfonamides is 1. The van der Waals surface area contributed by atoms with Crippen molar-refractivity contribution in [2.24, 2.45) is 0 Å². The number of carbonyl (C=O) groups excluding carboxylic acids is 1. The number of hydrogen-bond donors (Lipinski definition) is 1. The average molecular weight is 360 g/mol. The normalized spacial score (nSPS) is 11.4. The van der Waals surface area contributed by atoms with E-state index in [0.717, 1.165) is 0 Å². The molecule has 1 N–H and O–H groups in total. The predicted molar refractivity (Wildman–Crippen MR) is 96.0 cm³/mol. The fourth-order valence-electron chi connectivity index (χ4n) is 1.93. The van der Waals surface area contributed by atoms with Crippen LogP contribution >= 0.6 is 0 Å². The van der Waals surface area contributed by atoms with E-state index in [9.17, 15) is 23.3 Å². The van der Waals surface area contributed by atoms with Crippen LogP contribution in [-0.4, -0.2) is 24.9 Å². The number of nitrogens with zero attached hydrogens (tertiary/aromatic N) is 1. The first-order valence-corrected chi connectivity index (χ1v) is 9.03. The maximum atomic E-state index is 12.1. The average Bonchev–Trinajstić information content (AvgIpc) is 2.60. The lowest BCUT2D eigenvalue weighted by Crippen LogP contribution is -2.14. The SMILES string of the molecule is CCS(=O)(=O)Nc1ccc(C(=O)C=Cc2ccc([N+](=O)[O-])cc2)cc1. The van der Waals surface area contributed by atoms with Gasteiger partial charge in [-0.3, -0.25) is 19.6 Å². The zero-order valence-electron chi connectivity index (χ0n) is 13.4. The molecule has 0 fully saturated rings. The molecule has 0 heterocycles. The monoisotopic (exact) mass is 360 g/mol. The summed E-state index contributed by atoms with van der Waals surface area (Å²) < 4.78 is 25.4. The number of nitrogens with one attached hydrogen (secondary N) is 1. The number of nitro benzene ring substituents is 1. The van der Waals surface area contributed by atoms with Crippen LogP contribution in [-0.2, 0) is 10.0 Å². The first-order valence-electron chi connectivity index (χ1n) is 7.38. The molecule has 8 heteroatoms. The molecule has 0 saturated heterocycles. The summed E-state index contributed by atoms with van der Waals surface area (Å²) in [4.78, 5) is 22.2. The quantitative estimate of drug-likeness (QED) is 0.353. The minimum Gasteiger partial charge on any atom is -0.289 e. The molecule has 2 rings (SSSR count). The lowest BCUT2D eigenvalue weighted by Gasteiger charge is -2.06. The van der Waals surface area contributed by atoms with Gasteiger partial charge in [0.05, 0.1) is 10.7 Å². The largest absolute Gasteiger partial charge is 0.289 e. The van der Waals surface area contributed by atoms with Gasteiger partial charge in [0.15, 0.2) is 5.78 Å². The number of nitro groups is 1. The van der Waals surface area contributed by atoms with Gasteiger partial charge in [0.25, 0.3) is 5.69 Å². The zero-order valence-corrected chi connectivity index (χ0v) is 14.2. The Morgan fingerprint density at radius 3 is 2.24 bits per heavy atom. The Morgan fingerprint density at radius 2 is 1.72 bits per heavy atom. The maximum Gasteiger partial charge on any atom is 0.269 e. The summed E-state index contributed by atoms with van der Waals surface area (Å²) in [5.41, 5.74) is 1.43. The van der Waals surface area contributed by atoms with E-state index in [-0.39, 0.29) is 17.2 Å². The van der Waals surface area contributed by atoms with Gasteiger partial charge in [0, 0.05) is 23.4 Å². The highest BCUT2D eigenvalue weighted by atomic mass is 32.2. The third-order valence-corrected chi connectivity index (χ3v) is 4.66. The van der Waals surface area contributed by atoms with E-state index in [1.54, 1.807) is 18.2 Å². The summed E-state index contributed by atoms with van der Waals surface area (Å²) in [6, 6.07) is 11.9. The van der Waals surface area contributed by atoms with E-state index in [2.05, 4.69) is 4.72 Å². The van der Waals surface area contributed by atoms with Gasteiger partial charge in [-0.25, -0.2) is 8.42 Å². The lowest BCUT2D eigenvalue weighted by atomic mass is 10.1. The van der Waals surface area contributed by atoms with Crippen LogP contribution in [0.4, 0.5) is 11.4 Å². The van der Waals surface area contributed by atoms with E-state index in [0.29, 0.717) is 16.8 Å². The molecule has 0 spiro atoms. The second-order valence-electron chi connectivity index (χ2n) is 5.13. The van der Waals surface area contributed by atoms with Gasteiger partial charge in [0.1, 0.15) is 0 Å². The van der Waals surface area contributed by atoms with Crippen molar-refractivity contribution < 1.29 is 18.1 Å². The fourth-order valence-corrected chi connectivity index (χ4v) is 2.57. The summed E-state index contributed by atoms with van der Waals surface area (Å²) in [7, 11) is -3.36. The summed E-state index contributed by atoms with van der Waals surface area (Å²) in [5, 5.41) is 10.6. The summed E-state index contributed by atoms with van der Waals surface area (Å²) in [6.45, 7) is 1.53. The van der Waals surface area contributed by atoms with Crippen LogP contribution in [0.5, 0.6) is 0 Å². The molecule has 0 aliphatic carbocycles. The highest BCUT2D eigenvalue weighted by Crippen LogP contribution is 2.15. The number of carbonyl (C=O) groups is 1. The van der Waals surface area contributed by atoms with Gasteiger partial charge in [-0.1, -0.05) is 6.08 Å². The molecule has 0 aliphatic heterocycles. The highest BCUT2D eigenvalue weighted by molar-refractivity contribution is 7.92. The fraction of sp³-hybridized carbons (Fsp3) is 0.118. The van der Waals surface area contributed by atoms with Crippen molar-refractivity contribution in [3.05, 3.63) is 75.8 Å². The van der Waals surface area contributed by atoms with Crippen LogP contribution in [0.1, 0.15) is 22.8 Å². The Morgan fingerprint density at radius 1 is 1.12 bits per heavy atom. The summed E-state index contributed by atoms with van der Waals surface area (Å²) in [6.07, 6.45) is 2.91. The summed E-state index contributed by atoms with van der Waals surface area (Å²) >= 11 is 0. The number of rotatable bonds is 7. The standard InChI is InChI=1S/C17H16N2O5S/c1-2-25(23,24)18-15-8-6-14(7-9-15)17(20)12-5-13-3-10-16(11-4-13)19(21)22/h3-12,18H,2H2,1H3. The topological polar surface area (TPSA) is 106 Å². The molecule has 0 aliphatic rings. The van der Waals surface area contributed by atoms with E-state index < -0.39 is 14.9 Å². The molecule has 0 atom stereocenters. The number of benzene rings is 2. The molecule has 0 saturated carbocycles. The Balaban J connectivity index is 2.06. The van der Waals surface area contributed by atoms with Crippen molar-refractivity contribution in [2.45, 2.75) is 6.92 Å². The number of anilines is 1. The number of ketones is 1. The molecule has 130 valence electrons. The lowest BCUT2D eigenvalue weighted by molar-refractivity contribution is -0.384. The van der Waals surface area contributed by atoms with Crippen LogP contribution in [0.25, 0.3) is 6.08 Å². The Bertz CT molecular complexity index is 901. The smallest absolute Gasteiger partial charge is 0.269 e. The molecular formula is C17H16N2O5S. The maximum absolute atomic E-state index is 12.1. The molecule has 7 nitrogen and oxygen atoms in total. The molecule has 25 heavy (non-hydrogen) atoms. The molecule has 0 aromatic heterocycles. The van der Waals surface area contributed by atoms with Crippen molar-refractivity contribution in [2.75, 3.05) is 10.5 Å². The van der Waals surface area contributed by atoms with Crippen molar-refractivity contribution in [3.8, 4) is 0 Å². The minimum atomic E-state index is -3.36. The van der Waals surface area contributed by atoms with Gasteiger partial charge in [-0.05, 0) is 55.0 Å². The van der Waals surface area contributed by atoms with E-state index in [4.69, 9.17) is 0 Å². The molecule has 0 unspecified atom stereocenters. The molecule has 0 bridgehead atoms. The second kappa shape index (κ2) is 7.71. The molecular weight excluding hydrogens is 344 g/mol. The van der Waals surface area contributed by atoms with Crippen LogP contribution in [0, 0.1) is 10.1 Å². The van der Waals surface area contributed by atoms with Crippen LogP contribution < -0.4 is 4.72 Å². The third-order valence-electron chi connectivity index (χ3n) is 3.35. The van der Waals surface area contributed by atoms with E-state index in [1.165, 1.54) is 49.4 Å². The first kappa shape index (κ1) is 18.3. The van der Waals surface area contributed by atoms with Gasteiger partial charge in [0.2, 0.25) is 10.0 Å². The Labute approximate surface area is 145 Å². The third kappa shape index (κ3) is 5.25. The van der Waals surface area contributed by atoms with Crippen molar-refractivity contribution in [1.29, 1.82) is 0 Å². The van der Waals surface area contributed by atoms with Crippen LogP contribution in [0.15, 0.2) is 54.6 Å². The first-order chi connectivity index (χ1) is 11.8. The molecule has 0 radical (unpaired) electrons. The second-order valence-corrected chi connectivity index (χ2v) is 7.14. The zero-order chi connectivity index (χ0) is 18.4. The number of hydrogen-bond acceptors (Lipinski definition) is 5. The number of non-ortho nitro benzene ring substituents is 1. The minimum absolute atomic E-state index is 0.0198. The van der Waals surface area contributed by atoms with Crippen molar-refractivity contribution in [1.82, 2.24) is 0 Å². The van der Waals surface area contributed by atoms with Gasteiger partial charge in [-0.15, -0.1) is 0 Å². The van der Waals surface area contributed by atoms with Gasteiger partial charge >= 0.3 is 0 Å². The Hall–Kier alpha value is -3.00. The van der Waals surface area contributed by atoms with Gasteiger partial charge in [-0.2, -0.15) is 0 Å². The highest BCUT2D eigenvalue weighted by Gasteiger charge is 2.08. The Kier molecular flexibility index (Phi) is 5.66.